The maximum Gasteiger partial charge on any atom is 0.573 e. The molecule has 4 aromatic rings. The molecule has 1 atom stereocenters. The van der Waals surface area contributed by atoms with Crippen LogP contribution in [0.1, 0.15) is 18.1 Å². The van der Waals surface area contributed by atoms with Crippen molar-refractivity contribution in [2.24, 2.45) is 4.99 Å². The number of aliphatic hydroxyl groups excluding tert-OH is 1. The Morgan fingerprint density at radius 1 is 1.12 bits per heavy atom. The van der Waals surface area contributed by atoms with E-state index in [1.54, 1.807) is 4.90 Å². The first-order valence-corrected chi connectivity index (χ1v) is 14.1. The largest absolute Gasteiger partial charge is 0.573 e. The van der Waals surface area contributed by atoms with Crippen LogP contribution in [-0.2, 0) is 17.6 Å². The second-order valence-electron chi connectivity index (χ2n) is 9.24. The quantitative estimate of drug-likeness (QED) is 0.250. The maximum atomic E-state index is 12.6. The molecule has 1 saturated heterocycles. The number of ether oxygens (including phenoxy) is 1. The minimum Gasteiger partial charge on any atom is -0.406 e. The Morgan fingerprint density at radius 3 is 2.67 bits per heavy atom. The molecule has 1 amide bonds. The van der Waals surface area contributed by atoms with Crippen molar-refractivity contribution in [3.8, 4) is 22.8 Å². The zero-order chi connectivity index (χ0) is 29.7. The first-order valence-electron chi connectivity index (χ1n) is 13.1. The molecule has 1 aromatic heterocycles. The standard InChI is InChI=1S/C29H27F3N6O3S/c1-2-20-7-3-4-9-24(20)38-25(39)17-42-28(38)35-27(40)33-15-14-19-6-5-8-21(16-19)26-34-18-37(36-26)22-10-12-23(13-11-22)41-29(30,31)32/h3-13,16,18,27,33,40H,2,14-15,17H2,1H3. The van der Waals surface area contributed by atoms with Gasteiger partial charge in [-0.3, -0.25) is 15.0 Å². The molecule has 1 aliphatic heterocycles. The summed E-state index contributed by atoms with van der Waals surface area (Å²) in [4.78, 5) is 22.8. The van der Waals surface area contributed by atoms with Crippen LogP contribution in [0.5, 0.6) is 5.75 Å². The van der Waals surface area contributed by atoms with Crippen LogP contribution in [0.4, 0.5) is 18.9 Å². The molecule has 1 fully saturated rings. The summed E-state index contributed by atoms with van der Waals surface area (Å²) < 4.78 is 42.6. The Bertz CT molecular complexity index is 1580. The molecule has 42 heavy (non-hydrogen) atoms. The molecule has 0 bridgehead atoms. The van der Waals surface area contributed by atoms with E-state index in [2.05, 4.69) is 25.1 Å². The van der Waals surface area contributed by atoms with Gasteiger partial charge in [0.25, 0.3) is 0 Å². The van der Waals surface area contributed by atoms with Gasteiger partial charge in [-0.05, 0) is 60.4 Å². The van der Waals surface area contributed by atoms with Crippen LogP contribution in [0.15, 0.2) is 84.1 Å². The summed E-state index contributed by atoms with van der Waals surface area (Å²) in [5.74, 6) is 0.311. The van der Waals surface area contributed by atoms with Crippen molar-refractivity contribution in [1.29, 1.82) is 0 Å². The van der Waals surface area contributed by atoms with Gasteiger partial charge in [-0.1, -0.05) is 55.1 Å². The topological polar surface area (TPSA) is 105 Å². The highest BCUT2D eigenvalue weighted by Gasteiger charge is 2.32. The van der Waals surface area contributed by atoms with Crippen molar-refractivity contribution in [3.05, 3.63) is 90.3 Å². The van der Waals surface area contributed by atoms with Gasteiger partial charge in [-0.2, -0.15) is 0 Å². The minimum absolute atomic E-state index is 0.0767. The van der Waals surface area contributed by atoms with Gasteiger partial charge in [-0.15, -0.1) is 18.3 Å². The number of nitrogens with zero attached hydrogens (tertiary/aromatic N) is 5. The lowest BCUT2D eigenvalue weighted by molar-refractivity contribution is -0.274. The van der Waals surface area contributed by atoms with Crippen molar-refractivity contribution in [2.75, 3.05) is 17.2 Å². The van der Waals surface area contributed by atoms with E-state index >= 15 is 0 Å². The Balaban J connectivity index is 1.19. The number of carbonyl (C=O) groups excluding carboxylic acids is 1. The van der Waals surface area contributed by atoms with Crippen molar-refractivity contribution in [2.45, 2.75) is 32.5 Å². The number of alkyl halides is 3. The van der Waals surface area contributed by atoms with E-state index in [1.807, 2.05) is 55.5 Å². The first-order chi connectivity index (χ1) is 20.2. The third-order valence-corrected chi connectivity index (χ3v) is 7.30. The highest BCUT2D eigenvalue weighted by atomic mass is 32.2. The lowest BCUT2D eigenvalue weighted by Gasteiger charge is -2.20. The van der Waals surface area contributed by atoms with Crippen LogP contribution >= 0.6 is 11.8 Å². The van der Waals surface area contributed by atoms with E-state index < -0.39 is 12.7 Å². The summed E-state index contributed by atoms with van der Waals surface area (Å²) in [6.45, 7) is 2.44. The van der Waals surface area contributed by atoms with Gasteiger partial charge in [0.1, 0.15) is 12.1 Å². The van der Waals surface area contributed by atoms with E-state index in [0.29, 0.717) is 29.6 Å². The van der Waals surface area contributed by atoms with Gasteiger partial charge >= 0.3 is 6.36 Å². The third kappa shape index (κ3) is 7.16. The molecular formula is C29H27F3N6O3S. The molecule has 2 heterocycles. The number of para-hydroxylation sites is 1. The monoisotopic (exact) mass is 596 g/mol. The Labute approximate surface area is 244 Å². The zero-order valence-electron chi connectivity index (χ0n) is 22.5. The number of hydrogen-bond acceptors (Lipinski definition) is 8. The molecule has 0 radical (unpaired) electrons. The molecule has 5 rings (SSSR count). The summed E-state index contributed by atoms with van der Waals surface area (Å²) >= 11 is 1.29. The average molecular weight is 597 g/mol. The molecule has 0 saturated carbocycles. The van der Waals surface area contributed by atoms with Crippen LogP contribution < -0.4 is 15.0 Å². The summed E-state index contributed by atoms with van der Waals surface area (Å²) in [7, 11) is 0. The molecular weight excluding hydrogens is 569 g/mol. The number of amidine groups is 1. The number of benzene rings is 3. The number of halogens is 3. The fraction of sp³-hybridized carbons (Fsp3) is 0.241. The molecule has 0 spiro atoms. The molecule has 218 valence electrons. The van der Waals surface area contributed by atoms with E-state index in [1.165, 1.54) is 47.0 Å². The van der Waals surface area contributed by atoms with Gasteiger partial charge in [0.2, 0.25) is 12.3 Å². The Morgan fingerprint density at radius 2 is 1.90 bits per heavy atom. The SMILES string of the molecule is CCc1ccccc1N1C(=O)CSC1=NC(O)NCCc1cccc(-c2ncn(-c3ccc(OC(F)(F)F)cc3)n2)c1. The van der Waals surface area contributed by atoms with Crippen molar-refractivity contribution in [1.82, 2.24) is 20.1 Å². The van der Waals surface area contributed by atoms with Gasteiger partial charge in [0.15, 0.2) is 11.0 Å². The summed E-state index contributed by atoms with van der Waals surface area (Å²) in [6.07, 6.45) is -3.13. The average Bonchev–Trinajstić information content (AvgIpc) is 3.60. The fourth-order valence-corrected chi connectivity index (χ4v) is 5.29. The number of amides is 1. The number of aliphatic imine (C=N–C) groups is 1. The number of aryl methyl sites for hydroxylation is 1. The van der Waals surface area contributed by atoms with E-state index in [0.717, 1.165) is 28.8 Å². The molecule has 3 aromatic carbocycles. The lowest BCUT2D eigenvalue weighted by atomic mass is 10.1. The van der Waals surface area contributed by atoms with E-state index in [4.69, 9.17) is 0 Å². The number of carbonyl (C=O) groups is 1. The fourth-order valence-electron chi connectivity index (χ4n) is 4.40. The van der Waals surface area contributed by atoms with Crippen molar-refractivity contribution in [3.63, 3.8) is 0 Å². The van der Waals surface area contributed by atoms with Gasteiger partial charge in [-0.25, -0.2) is 14.7 Å². The summed E-state index contributed by atoms with van der Waals surface area (Å²) in [5.41, 5.74) is 4.06. The third-order valence-electron chi connectivity index (χ3n) is 6.36. The number of aromatic nitrogens is 3. The molecule has 0 aliphatic carbocycles. The number of aliphatic hydroxyl groups is 1. The van der Waals surface area contributed by atoms with Crippen LogP contribution in [0, 0.1) is 0 Å². The second kappa shape index (κ2) is 12.8. The van der Waals surface area contributed by atoms with Crippen LogP contribution in [0.25, 0.3) is 17.1 Å². The number of hydrogen-bond donors (Lipinski definition) is 2. The first kappa shape index (κ1) is 29.3. The van der Waals surface area contributed by atoms with Crippen LogP contribution in [0.3, 0.4) is 0 Å². The minimum atomic E-state index is -4.76. The Hall–Kier alpha value is -4.20. The van der Waals surface area contributed by atoms with Crippen LogP contribution in [-0.4, -0.2) is 56.0 Å². The predicted octanol–water partition coefficient (Wildman–Crippen LogP) is 4.94. The van der Waals surface area contributed by atoms with Crippen molar-refractivity contribution < 1.29 is 27.8 Å². The molecule has 13 heteroatoms. The zero-order valence-corrected chi connectivity index (χ0v) is 23.3. The number of anilines is 1. The van der Waals surface area contributed by atoms with Gasteiger partial charge in [0.05, 0.1) is 17.1 Å². The lowest BCUT2D eigenvalue weighted by Crippen LogP contribution is -2.34. The van der Waals surface area contributed by atoms with Crippen LogP contribution in [0.2, 0.25) is 0 Å². The Kier molecular flexibility index (Phi) is 8.90. The van der Waals surface area contributed by atoms with Gasteiger partial charge in [0, 0.05) is 12.1 Å². The number of nitrogens with one attached hydrogen (secondary N) is 1. The highest BCUT2D eigenvalue weighted by Crippen LogP contribution is 2.30. The normalized spacial score (nSPS) is 15.4. The maximum absolute atomic E-state index is 12.6. The molecule has 2 N–H and O–H groups in total. The van der Waals surface area contributed by atoms with Gasteiger partial charge < -0.3 is 9.84 Å². The molecule has 1 unspecified atom stereocenters. The molecule has 9 nitrogen and oxygen atoms in total. The van der Waals surface area contributed by atoms with E-state index in [9.17, 15) is 23.1 Å². The molecule has 1 aliphatic rings. The number of rotatable bonds is 10. The highest BCUT2D eigenvalue weighted by molar-refractivity contribution is 8.15. The summed E-state index contributed by atoms with van der Waals surface area (Å²) in [5, 5.41) is 18.4. The second-order valence-corrected chi connectivity index (χ2v) is 10.2. The van der Waals surface area contributed by atoms with E-state index in [-0.39, 0.29) is 17.4 Å². The predicted molar refractivity (Wildman–Crippen MR) is 154 cm³/mol. The van der Waals surface area contributed by atoms with Crippen molar-refractivity contribution >= 4 is 28.5 Å². The smallest absolute Gasteiger partial charge is 0.406 e. The summed E-state index contributed by atoms with van der Waals surface area (Å²) in [6, 6.07) is 20.6. The number of thioether (sulfide) groups is 1.